The summed E-state index contributed by atoms with van der Waals surface area (Å²) < 4.78 is 29.8. The van der Waals surface area contributed by atoms with E-state index in [0.717, 1.165) is 11.1 Å². The van der Waals surface area contributed by atoms with Crippen LogP contribution in [0.15, 0.2) is 82.1 Å². The smallest absolute Gasteiger partial charge is 0.286 e. The summed E-state index contributed by atoms with van der Waals surface area (Å²) in [5, 5.41) is 3.01. The Balaban J connectivity index is 1.91. The molecule has 0 fully saturated rings. The second-order valence-corrected chi connectivity index (χ2v) is 8.43. The largest absolute Gasteiger partial charge is 0.325 e. The summed E-state index contributed by atoms with van der Waals surface area (Å²) in [5.74, 6) is -0.539. The van der Waals surface area contributed by atoms with E-state index < -0.39 is 15.9 Å². The second kappa shape index (κ2) is 7.18. The lowest BCUT2D eigenvalue weighted by Gasteiger charge is -2.23. The van der Waals surface area contributed by atoms with Gasteiger partial charge in [-0.1, -0.05) is 47.5 Å². The van der Waals surface area contributed by atoms with E-state index >= 15 is 0 Å². The highest BCUT2D eigenvalue weighted by atomic mass is 32.2. The van der Waals surface area contributed by atoms with E-state index in [-0.39, 0.29) is 16.4 Å². The Morgan fingerprint density at radius 2 is 1.41 bits per heavy atom. The molecular formula is C22H19N3O3S. The van der Waals surface area contributed by atoms with Crippen molar-refractivity contribution < 1.29 is 13.2 Å². The number of nitrogens with one attached hydrogen (secondary N) is 1. The first-order valence-electron chi connectivity index (χ1n) is 9.04. The van der Waals surface area contributed by atoms with Gasteiger partial charge in [0.25, 0.3) is 15.9 Å². The summed E-state index contributed by atoms with van der Waals surface area (Å²) in [6.07, 6.45) is 0. The molecule has 0 saturated heterocycles. The fourth-order valence-electron chi connectivity index (χ4n) is 3.07. The predicted molar refractivity (Wildman–Crippen MR) is 114 cm³/mol. The van der Waals surface area contributed by atoms with Gasteiger partial charge in [0.05, 0.1) is 11.3 Å². The molecule has 146 valence electrons. The maximum absolute atomic E-state index is 13.4. The number of fused-ring (bicyclic) bond motifs is 1. The van der Waals surface area contributed by atoms with Crippen molar-refractivity contribution in [2.24, 2.45) is 4.40 Å². The number of benzene rings is 3. The zero-order chi connectivity index (χ0) is 20.6. The van der Waals surface area contributed by atoms with Gasteiger partial charge in [-0.3, -0.25) is 4.79 Å². The first-order valence-corrected chi connectivity index (χ1v) is 10.5. The number of anilines is 2. The van der Waals surface area contributed by atoms with E-state index in [0.29, 0.717) is 11.4 Å². The maximum Gasteiger partial charge on any atom is 0.286 e. The Kier molecular flexibility index (Phi) is 4.68. The van der Waals surface area contributed by atoms with Gasteiger partial charge in [-0.2, -0.15) is 8.42 Å². The Morgan fingerprint density at radius 3 is 2.07 bits per heavy atom. The van der Waals surface area contributed by atoms with Crippen LogP contribution >= 0.6 is 0 Å². The standard InChI is InChI=1S/C22H19N3O3S/c1-15-7-11-17(12-8-15)23-22-24-29(27,28)20-6-4-3-5-19(20)21(26)25(22)18-13-9-16(2)10-14-18/h3-14H,1-2H3,(H,23,24). The third-order valence-electron chi connectivity index (χ3n) is 4.62. The highest BCUT2D eigenvalue weighted by molar-refractivity contribution is 7.90. The van der Waals surface area contributed by atoms with Crippen LogP contribution < -0.4 is 10.2 Å². The highest BCUT2D eigenvalue weighted by Gasteiger charge is 2.34. The quantitative estimate of drug-likeness (QED) is 0.696. The number of amides is 1. The average Bonchev–Trinajstić information content (AvgIpc) is 2.78. The van der Waals surface area contributed by atoms with Crippen molar-refractivity contribution in [1.82, 2.24) is 0 Å². The SMILES string of the molecule is Cc1ccc(NC2=NS(=O)(=O)c3ccccc3C(=O)N2c2ccc(C)cc2)cc1. The molecule has 0 radical (unpaired) electrons. The van der Waals surface area contributed by atoms with Gasteiger partial charge < -0.3 is 5.32 Å². The molecular weight excluding hydrogens is 386 g/mol. The molecule has 3 aromatic carbocycles. The van der Waals surface area contributed by atoms with Crippen LogP contribution in [0.2, 0.25) is 0 Å². The van der Waals surface area contributed by atoms with Gasteiger partial charge in [0, 0.05) is 5.69 Å². The molecule has 0 aliphatic carbocycles. The predicted octanol–water partition coefficient (Wildman–Crippen LogP) is 4.12. The molecule has 1 N–H and O–H groups in total. The summed E-state index contributed by atoms with van der Waals surface area (Å²) in [7, 11) is -4.07. The van der Waals surface area contributed by atoms with E-state index in [9.17, 15) is 13.2 Å². The van der Waals surface area contributed by atoms with Crippen LogP contribution in [0.25, 0.3) is 0 Å². The molecule has 1 amide bonds. The maximum atomic E-state index is 13.4. The van der Waals surface area contributed by atoms with Crippen molar-refractivity contribution in [1.29, 1.82) is 0 Å². The third kappa shape index (κ3) is 3.64. The topological polar surface area (TPSA) is 78.8 Å². The number of sulfonamides is 1. The van der Waals surface area contributed by atoms with E-state index in [4.69, 9.17) is 0 Å². The molecule has 0 unspecified atom stereocenters. The van der Waals surface area contributed by atoms with Crippen molar-refractivity contribution in [3.63, 3.8) is 0 Å². The van der Waals surface area contributed by atoms with Gasteiger partial charge in [-0.25, -0.2) is 4.90 Å². The Labute approximate surface area is 169 Å². The molecule has 4 rings (SSSR count). The van der Waals surface area contributed by atoms with Crippen LogP contribution in [0.3, 0.4) is 0 Å². The summed E-state index contributed by atoms with van der Waals surface area (Å²) >= 11 is 0. The molecule has 7 heteroatoms. The Morgan fingerprint density at radius 1 is 0.828 bits per heavy atom. The van der Waals surface area contributed by atoms with Crippen molar-refractivity contribution in [2.75, 3.05) is 10.2 Å². The number of hydrogen-bond donors (Lipinski definition) is 1. The van der Waals surface area contributed by atoms with Crippen molar-refractivity contribution >= 4 is 33.3 Å². The van der Waals surface area contributed by atoms with Crippen LogP contribution in [0.5, 0.6) is 0 Å². The Bertz CT molecular complexity index is 1210. The minimum Gasteiger partial charge on any atom is -0.325 e. The van der Waals surface area contributed by atoms with Crippen molar-refractivity contribution in [3.8, 4) is 0 Å². The first-order chi connectivity index (χ1) is 13.8. The molecule has 1 aliphatic heterocycles. The molecule has 6 nitrogen and oxygen atoms in total. The van der Waals surface area contributed by atoms with Crippen molar-refractivity contribution in [2.45, 2.75) is 18.7 Å². The minimum absolute atomic E-state index is 0.0705. The summed E-state index contributed by atoms with van der Waals surface area (Å²) in [5.41, 5.74) is 3.31. The second-order valence-electron chi connectivity index (χ2n) is 6.85. The number of carbonyl (C=O) groups is 1. The molecule has 0 saturated carbocycles. The van der Waals surface area contributed by atoms with Gasteiger partial charge in [-0.05, 0) is 50.2 Å². The van der Waals surface area contributed by atoms with Crippen LogP contribution in [0, 0.1) is 13.8 Å². The monoisotopic (exact) mass is 405 g/mol. The van der Waals surface area contributed by atoms with Crippen molar-refractivity contribution in [3.05, 3.63) is 89.5 Å². The van der Waals surface area contributed by atoms with Gasteiger partial charge in [0.2, 0.25) is 5.96 Å². The first kappa shape index (κ1) is 18.9. The van der Waals surface area contributed by atoms with Crippen LogP contribution in [-0.4, -0.2) is 20.3 Å². The molecule has 0 bridgehead atoms. The third-order valence-corrected chi connectivity index (χ3v) is 5.94. The number of hydrogen-bond acceptors (Lipinski definition) is 4. The van der Waals surface area contributed by atoms with Crippen LogP contribution in [0.4, 0.5) is 11.4 Å². The van der Waals surface area contributed by atoms with E-state index in [1.165, 1.54) is 17.0 Å². The molecule has 0 aromatic heterocycles. The number of aryl methyl sites for hydroxylation is 2. The number of nitrogens with zero attached hydrogens (tertiary/aromatic N) is 2. The Hall–Kier alpha value is -3.45. The average molecular weight is 405 g/mol. The minimum atomic E-state index is -4.07. The number of carbonyl (C=O) groups excluding carboxylic acids is 1. The summed E-state index contributed by atoms with van der Waals surface area (Å²) in [6, 6.07) is 20.7. The van der Waals surface area contributed by atoms with E-state index in [1.807, 2.05) is 38.1 Å². The van der Waals surface area contributed by atoms with Crippen LogP contribution in [-0.2, 0) is 10.0 Å². The highest BCUT2D eigenvalue weighted by Crippen LogP contribution is 2.28. The summed E-state index contributed by atoms with van der Waals surface area (Å²) in [4.78, 5) is 14.6. The lowest BCUT2D eigenvalue weighted by molar-refractivity contribution is 0.0999. The van der Waals surface area contributed by atoms with Crippen LogP contribution in [0.1, 0.15) is 21.5 Å². The zero-order valence-electron chi connectivity index (χ0n) is 16.0. The molecule has 1 heterocycles. The molecule has 1 aliphatic rings. The summed E-state index contributed by atoms with van der Waals surface area (Å²) in [6.45, 7) is 3.89. The van der Waals surface area contributed by atoms with Gasteiger partial charge in [0.15, 0.2) is 0 Å². The zero-order valence-corrected chi connectivity index (χ0v) is 16.8. The lowest BCUT2D eigenvalue weighted by atomic mass is 10.1. The number of rotatable bonds is 2. The van der Waals surface area contributed by atoms with Gasteiger partial charge in [-0.15, -0.1) is 4.40 Å². The molecule has 0 spiro atoms. The van der Waals surface area contributed by atoms with E-state index in [2.05, 4.69) is 9.71 Å². The lowest BCUT2D eigenvalue weighted by Crippen LogP contribution is -2.40. The fourth-order valence-corrected chi connectivity index (χ4v) is 4.20. The normalized spacial score (nSPS) is 15.3. The fraction of sp³-hybridized carbons (Fsp3) is 0.0909. The number of guanidine groups is 1. The van der Waals surface area contributed by atoms with Gasteiger partial charge >= 0.3 is 0 Å². The molecule has 3 aromatic rings. The van der Waals surface area contributed by atoms with Gasteiger partial charge in [0.1, 0.15) is 4.90 Å². The molecule has 29 heavy (non-hydrogen) atoms. The molecule has 0 atom stereocenters. The van der Waals surface area contributed by atoms with E-state index in [1.54, 1.807) is 36.4 Å².